The smallest absolute Gasteiger partial charge is 0.273 e. The molecule has 2 aliphatic rings. The first-order valence-corrected chi connectivity index (χ1v) is 10.2. The highest BCUT2D eigenvalue weighted by atomic mass is 19.1. The number of carbonyl (C=O) groups excluding carboxylic acids is 4. The van der Waals surface area contributed by atoms with Gasteiger partial charge in [-0.3, -0.25) is 29.3 Å². The first kappa shape index (κ1) is 22.0. The fourth-order valence-electron chi connectivity index (χ4n) is 3.99. The Bertz CT molecular complexity index is 1150. The number of benzene rings is 2. The lowest BCUT2D eigenvalue weighted by atomic mass is 9.85. The predicted octanol–water partition coefficient (Wildman–Crippen LogP) is 2.93. The summed E-state index contributed by atoms with van der Waals surface area (Å²) in [4.78, 5) is 62.6. The lowest BCUT2D eigenvalue weighted by molar-refractivity contribution is -0.384. The van der Waals surface area contributed by atoms with Crippen molar-refractivity contribution in [2.45, 2.75) is 12.8 Å². The summed E-state index contributed by atoms with van der Waals surface area (Å²) in [5, 5.41) is 12.4. The highest BCUT2D eigenvalue weighted by Crippen LogP contribution is 2.36. The molecule has 0 aromatic heterocycles. The maximum absolute atomic E-state index is 13.3. The number of amides is 3. The van der Waals surface area contributed by atoms with E-state index in [0.717, 1.165) is 29.3 Å². The molecule has 1 aliphatic heterocycles. The third-order valence-electron chi connectivity index (χ3n) is 5.74. The minimum Gasteiger partial charge on any atom is -0.292 e. The van der Waals surface area contributed by atoms with Gasteiger partial charge >= 0.3 is 0 Å². The summed E-state index contributed by atoms with van der Waals surface area (Å²) in [7, 11) is 0. The average Bonchev–Trinajstić information content (AvgIpc) is 3.07. The van der Waals surface area contributed by atoms with Crippen LogP contribution in [0.15, 0.2) is 60.7 Å². The Kier molecular flexibility index (Phi) is 5.82. The monoisotopic (exact) mass is 451 g/mol. The van der Waals surface area contributed by atoms with Crippen LogP contribution in [0.3, 0.4) is 0 Å². The van der Waals surface area contributed by atoms with E-state index < -0.39 is 52.6 Å². The standard InChI is InChI=1S/C23H18FN3O6/c24-16-9-5-14(6-10-16)20(28)13-25(21(29)15-7-11-17(12-8-15)27(32)33)26-22(30)18-3-1-2-4-19(18)23(26)31/h1-2,5-12,18-19H,3-4,13H2/t18-,19-/m1/s1. The van der Waals surface area contributed by atoms with E-state index in [1.165, 1.54) is 24.3 Å². The van der Waals surface area contributed by atoms with E-state index in [4.69, 9.17) is 0 Å². The molecule has 0 N–H and O–H groups in total. The first-order chi connectivity index (χ1) is 15.8. The minimum absolute atomic E-state index is 0.0406. The summed E-state index contributed by atoms with van der Waals surface area (Å²) in [6.07, 6.45) is 4.28. The van der Waals surface area contributed by atoms with E-state index in [2.05, 4.69) is 0 Å². The van der Waals surface area contributed by atoms with Crippen molar-refractivity contribution in [1.29, 1.82) is 0 Å². The van der Waals surface area contributed by atoms with Crippen molar-refractivity contribution in [3.05, 3.63) is 87.7 Å². The van der Waals surface area contributed by atoms with Crippen molar-refractivity contribution in [3.63, 3.8) is 0 Å². The van der Waals surface area contributed by atoms with Gasteiger partial charge in [-0.05, 0) is 49.2 Å². The molecular weight excluding hydrogens is 433 g/mol. The van der Waals surface area contributed by atoms with Crippen molar-refractivity contribution in [1.82, 2.24) is 10.0 Å². The van der Waals surface area contributed by atoms with Crippen LogP contribution in [0.1, 0.15) is 33.6 Å². The molecule has 9 nitrogen and oxygen atoms in total. The number of imide groups is 1. The Hall–Kier alpha value is -4.21. The van der Waals surface area contributed by atoms with Gasteiger partial charge < -0.3 is 0 Å². The van der Waals surface area contributed by atoms with Gasteiger partial charge in [-0.25, -0.2) is 9.40 Å². The Balaban J connectivity index is 1.68. The molecule has 0 radical (unpaired) electrons. The molecule has 3 amide bonds. The van der Waals surface area contributed by atoms with Crippen molar-refractivity contribution in [3.8, 4) is 0 Å². The number of allylic oxidation sites excluding steroid dienone is 2. The number of nitro benzene ring substituents is 1. The third-order valence-corrected chi connectivity index (χ3v) is 5.74. The van der Waals surface area contributed by atoms with Crippen LogP contribution in [0.4, 0.5) is 10.1 Å². The normalized spacial score (nSPS) is 19.4. The zero-order valence-corrected chi connectivity index (χ0v) is 17.2. The molecular formula is C23H18FN3O6. The summed E-state index contributed by atoms with van der Waals surface area (Å²) < 4.78 is 13.2. The van der Waals surface area contributed by atoms with Gasteiger partial charge in [-0.15, -0.1) is 0 Å². The van der Waals surface area contributed by atoms with Crippen LogP contribution in [0.25, 0.3) is 0 Å². The zero-order chi connectivity index (χ0) is 23.7. The van der Waals surface area contributed by atoms with E-state index in [9.17, 15) is 33.7 Å². The molecule has 168 valence electrons. The maximum Gasteiger partial charge on any atom is 0.273 e. The summed E-state index contributed by atoms with van der Waals surface area (Å²) >= 11 is 0. The van der Waals surface area contributed by atoms with Gasteiger partial charge in [-0.2, -0.15) is 5.01 Å². The number of hydrazine groups is 1. The topological polar surface area (TPSA) is 118 Å². The summed E-state index contributed by atoms with van der Waals surface area (Å²) in [6.45, 7) is -0.647. The summed E-state index contributed by atoms with van der Waals surface area (Å²) in [6, 6.07) is 9.26. The van der Waals surface area contributed by atoms with Gasteiger partial charge in [0.25, 0.3) is 23.4 Å². The number of Topliss-reactive ketones (excluding diaryl/α,β-unsaturated/α-hetero) is 1. The van der Waals surface area contributed by atoms with Crippen LogP contribution >= 0.6 is 0 Å². The number of hydrogen-bond acceptors (Lipinski definition) is 6. The van der Waals surface area contributed by atoms with Crippen molar-refractivity contribution >= 4 is 29.2 Å². The van der Waals surface area contributed by atoms with Crippen molar-refractivity contribution in [2.75, 3.05) is 6.54 Å². The molecule has 10 heteroatoms. The Morgan fingerprint density at radius 1 is 0.939 bits per heavy atom. The molecule has 2 atom stereocenters. The van der Waals surface area contributed by atoms with Crippen molar-refractivity contribution < 1.29 is 28.5 Å². The number of fused-ring (bicyclic) bond motifs is 1. The molecule has 2 aromatic carbocycles. The second kappa shape index (κ2) is 8.73. The Labute approximate surface area is 187 Å². The second-order valence-corrected chi connectivity index (χ2v) is 7.74. The fourth-order valence-corrected chi connectivity index (χ4v) is 3.99. The van der Waals surface area contributed by atoms with E-state index in [-0.39, 0.29) is 16.8 Å². The van der Waals surface area contributed by atoms with Crippen LogP contribution in [0.5, 0.6) is 0 Å². The summed E-state index contributed by atoms with van der Waals surface area (Å²) in [5.41, 5.74) is -0.192. The molecule has 0 spiro atoms. The molecule has 1 heterocycles. The van der Waals surface area contributed by atoms with Crippen LogP contribution in [0, 0.1) is 27.8 Å². The molecule has 0 unspecified atom stereocenters. The largest absolute Gasteiger partial charge is 0.292 e. The van der Waals surface area contributed by atoms with Gasteiger partial charge in [0.1, 0.15) is 12.4 Å². The van der Waals surface area contributed by atoms with Gasteiger partial charge in [0.15, 0.2) is 5.78 Å². The van der Waals surface area contributed by atoms with Crippen LogP contribution < -0.4 is 0 Å². The Morgan fingerprint density at radius 3 is 1.97 bits per heavy atom. The molecule has 1 saturated heterocycles. The first-order valence-electron chi connectivity index (χ1n) is 10.2. The molecule has 1 aliphatic carbocycles. The number of nitro groups is 1. The zero-order valence-electron chi connectivity index (χ0n) is 17.2. The van der Waals surface area contributed by atoms with E-state index in [1.54, 1.807) is 12.2 Å². The van der Waals surface area contributed by atoms with Gasteiger partial charge in [0, 0.05) is 23.3 Å². The Morgan fingerprint density at radius 2 is 1.45 bits per heavy atom. The molecule has 4 rings (SSSR count). The van der Waals surface area contributed by atoms with Crippen LogP contribution in [-0.4, -0.2) is 45.0 Å². The number of halogens is 1. The van der Waals surface area contributed by atoms with Crippen LogP contribution in [-0.2, 0) is 9.59 Å². The number of carbonyl (C=O) groups is 4. The lowest BCUT2D eigenvalue weighted by Gasteiger charge is -2.30. The number of ketones is 1. The molecule has 0 bridgehead atoms. The lowest BCUT2D eigenvalue weighted by Crippen LogP contribution is -2.52. The van der Waals surface area contributed by atoms with Gasteiger partial charge in [0.2, 0.25) is 0 Å². The summed E-state index contributed by atoms with van der Waals surface area (Å²) in [5.74, 6) is -4.43. The number of non-ortho nitro benzene ring substituents is 1. The SMILES string of the molecule is O=C(CN(C(=O)c1ccc([N+](=O)[O-])cc1)N1C(=O)[C@@H]2CC=CC[C@H]2C1=O)c1ccc(F)cc1. The quantitative estimate of drug-likeness (QED) is 0.219. The van der Waals surface area contributed by atoms with E-state index >= 15 is 0 Å². The predicted molar refractivity (Wildman–Crippen MR) is 112 cm³/mol. The number of rotatable bonds is 6. The molecule has 33 heavy (non-hydrogen) atoms. The van der Waals surface area contributed by atoms with E-state index in [0.29, 0.717) is 17.9 Å². The molecule has 1 fully saturated rings. The van der Waals surface area contributed by atoms with Gasteiger partial charge in [0.05, 0.1) is 16.8 Å². The number of hydrogen-bond donors (Lipinski definition) is 0. The highest BCUT2D eigenvalue weighted by molar-refractivity contribution is 6.09. The molecule has 0 saturated carbocycles. The van der Waals surface area contributed by atoms with E-state index in [1.807, 2.05) is 0 Å². The average molecular weight is 451 g/mol. The van der Waals surface area contributed by atoms with Crippen LogP contribution in [0.2, 0.25) is 0 Å². The minimum atomic E-state index is -0.839. The van der Waals surface area contributed by atoms with Crippen molar-refractivity contribution in [2.24, 2.45) is 11.8 Å². The highest BCUT2D eigenvalue weighted by Gasteiger charge is 2.51. The van der Waals surface area contributed by atoms with Gasteiger partial charge in [-0.1, -0.05) is 12.2 Å². The molecule has 2 aromatic rings. The second-order valence-electron chi connectivity index (χ2n) is 7.74. The maximum atomic E-state index is 13.3. The number of nitrogens with zero attached hydrogens (tertiary/aromatic N) is 3. The fraction of sp³-hybridized carbons (Fsp3) is 0.217. The third kappa shape index (κ3) is 4.14.